The standard InChI is InChI=1S/C12H13F3O/c1-9(16)11-6-4-10(5-7-11)3-2-8-12(13,14)15/h4-7H,2-3,8H2,1H3. The van der Waals surface area contributed by atoms with Crippen LogP contribution in [-0.4, -0.2) is 12.0 Å². The molecule has 0 atom stereocenters. The quantitative estimate of drug-likeness (QED) is 0.719. The molecule has 0 heterocycles. The molecule has 0 radical (unpaired) electrons. The zero-order valence-corrected chi connectivity index (χ0v) is 8.97. The summed E-state index contributed by atoms with van der Waals surface area (Å²) in [6.45, 7) is 1.46. The van der Waals surface area contributed by atoms with E-state index in [4.69, 9.17) is 0 Å². The first-order chi connectivity index (χ1) is 7.38. The monoisotopic (exact) mass is 230 g/mol. The Hall–Kier alpha value is -1.32. The van der Waals surface area contributed by atoms with Crippen LogP contribution >= 0.6 is 0 Å². The zero-order chi connectivity index (χ0) is 12.2. The van der Waals surface area contributed by atoms with Gasteiger partial charge >= 0.3 is 6.18 Å². The second-order valence-electron chi connectivity index (χ2n) is 3.72. The summed E-state index contributed by atoms with van der Waals surface area (Å²) >= 11 is 0. The third-order valence-electron chi connectivity index (χ3n) is 2.29. The molecule has 0 aliphatic carbocycles. The van der Waals surface area contributed by atoms with Crippen LogP contribution in [0, 0.1) is 0 Å². The minimum Gasteiger partial charge on any atom is -0.295 e. The molecule has 4 heteroatoms. The number of carbonyl (C=O) groups is 1. The summed E-state index contributed by atoms with van der Waals surface area (Å²) < 4.78 is 35.7. The number of benzene rings is 1. The molecule has 0 fully saturated rings. The predicted molar refractivity (Wildman–Crippen MR) is 55.4 cm³/mol. The Morgan fingerprint density at radius 3 is 2.19 bits per heavy atom. The van der Waals surface area contributed by atoms with Gasteiger partial charge in [0.2, 0.25) is 0 Å². The Morgan fingerprint density at radius 2 is 1.75 bits per heavy atom. The van der Waals surface area contributed by atoms with Crippen molar-refractivity contribution in [2.24, 2.45) is 0 Å². The van der Waals surface area contributed by atoms with Crippen LogP contribution in [0.25, 0.3) is 0 Å². The molecule has 88 valence electrons. The van der Waals surface area contributed by atoms with Crippen LogP contribution in [0.4, 0.5) is 13.2 Å². The van der Waals surface area contributed by atoms with Crippen LogP contribution in [0.5, 0.6) is 0 Å². The molecule has 16 heavy (non-hydrogen) atoms. The van der Waals surface area contributed by atoms with Gasteiger partial charge in [0, 0.05) is 12.0 Å². The average molecular weight is 230 g/mol. The summed E-state index contributed by atoms with van der Waals surface area (Å²) in [6, 6.07) is 6.69. The third kappa shape index (κ3) is 4.47. The maximum absolute atomic E-state index is 11.9. The number of ketones is 1. The molecule has 0 unspecified atom stereocenters. The van der Waals surface area contributed by atoms with Gasteiger partial charge in [-0.3, -0.25) is 4.79 Å². The molecule has 0 aliphatic heterocycles. The summed E-state index contributed by atoms with van der Waals surface area (Å²) in [5.74, 6) is -0.0400. The van der Waals surface area contributed by atoms with E-state index in [-0.39, 0.29) is 12.2 Å². The Morgan fingerprint density at radius 1 is 1.19 bits per heavy atom. The Kier molecular flexibility index (Phi) is 4.10. The Balaban J connectivity index is 2.47. The maximum Gasteiger partial charge on any atom is 0.389 e. The number of hydrogen-bond acceptors (Lipinski definition) is 1. The average Bonchev–Trinajstić information content (AvgIpc) is 2.16. The summed E-state index contributed by atoms with van der Waals surface area (Å²) in [4.78, 5) is 11.0. The summed E-state index contributed by atoms with van der Waals surface area (Å²) in [5.41, 5.74) is 1.41. The van der Waals surface area contributed by atoms with Gasteiger partial charge in [-0.15, -0.1) is 0 Å². The zero-order valence-electron chi connectivity index (χ0n) is 8.97. The minimum absolute atomic E-state index is 0.0400. The fourth-order valence-electron chi connectivity index (χ4n) is 1.40. The fraction of sp³-hybridized carbons (Fsp3) is 0.417. The van der Waals surface area contributed by atoms with Crippen molar-refractivity contribution in [3.05, 3.63) is 35.4 Å². The molecular weight excluding hydrogens is 217 g/mol. The van der Waals surface area contributed by atoms with Crippen LogP contribution in [0.3, 0.4) is 0 Å². The summed E-state index contributed by atoms with van der Waals surface area (Å²) in [6.07, 6.45) is -4.37. The van der Waals surface area contributed by atoms with E-state index in [0.717, 1.165) is 5.56 Å². The molecule has 1 nitrogen and oxygen atoms in total. The molecule has 0 spiro atoms. The smallest absolute Gasteiger partial charge is 0.295 e. The topological polar surface area (TPSA) is 17.1 Å². The highest BCUT2D eigenvalue weighted by Gasteiger charge is 2.25. The minimum atomic E-state index is -4.08. The van der Waals surface area contributed by atoms with Gasteiger partial charge in [0.15, 0.2) is 5.78 Å². The molecule has 0 saturated carbocycles. The van der Waals surface area contributed by atoms with E-state index in [2.05, 4.69) is 0 Å². The van der Waals surface area contributed by atoms with E-state index < -0.39 is 12.6 Å². The summed E-state index contributed by atoms with van der Waals surface area (Å²) in [7, 11) is 0. The van der Waals surface area contributed by atoms with Crippen molar-refractivity contribution in [3.8, 4) is 0 Å². The van der Waals surface area contributed by atoms with E-state index in [1.54, 1.807) is 24.3 Å². The molecule has 1 rings (SSSR count). The second-order valence-corrected chi connectivity index (χ2v) is 3.72. The highest BCUT2D eigenvalue weighted by molar-refractivity contribution is 5.93. The first-order valence-electron chi connectivity index (χ1n) is 5.05. The van der Waals surface area contributed by atoms with Crippen molar-refractivity contribution in [2.45, 2.75) is 32.4 Å². The number of aryl methyl sites for hydroxylation is 1. The lowest BCUT2D eigenvalue weighted by Crippen LogP contribution is -2.07. The van der Waals surface area contributed by atoms with Gasteiger partial charge in [-0.2, -0.15) is 13.2 Å². The molecule has 1 aromatic carbocycles. The lowest BCUT2D eigenvalue weighted by molar-refractivity contribution is -0.135. The van der Waals surface area contributed by atoms with Crippen LogP contribution in [0.1, 0.15) is 35.7 Å². The van der Waals surface area contributed by atoms with Crippen molar-refractivity contribution in [1.29, 1.82) is 0 Å². The van der Waals surface area contributed by atoms with E-state index in [9.17, 15) is 18.0 Å². The van der Waals surface area contributed by atoms with E-state index in [1.807, 2.05) is 0 Å². The number of halogens is 3. The number of hydrogen-bond donors (Lipinski definition) is 0. The lowest BCUT2D eigenvalue weighted by Gasteiger charge is -2.06. The second kappa shape index (κ2) is 5.14. The van der Waals surface area contributed by atoms with Crippen LogP contribution in [-0.2, 0) is 6.42 Å². The van der Waals surface area contributed by atoms with Gasteiger partial charge in [-0.25, -0.2) is 0 Å². The Bertz CT molecular complexity index is 352. The van der Waals surface area contributed by atoms with E-state index >= 15 is 0 Å². The van der Waals surface area contributed by atoms with E-state index in [1.165, 1.54) is 6.92 Å². The molecule has 0 aliphatic rings. The molecular formula is C12H13F3O. The van der Waals surface area contributed by atoms with Crippen molar-refractivity contribution in [3.63, 3.8) is 0 Å². The molecule has 0 saturated heterocycles. The number of Topliss-reactive ketones (excluding diaryl/α,β-unsaturated/α-hetero) is 1. The van der Waals surface area contributed by atoms with Gasteiger partial charge in [0.05, 0.1) is 0 Å². The van der Waals surface area contributed by atoms with Crippen molar-refractivity contribution in [2.75, 3.05) is 0 Å². The van der Waals surface area contributed by atoms with Gasteiger partial charge in [0.1, 0.15) is 0 Å². The first kappa shape index (κ1) is 12.7. The first-order valence-corrected chi connectivity index (χ1v) is 5.05. The third-order valence-corrected chi connectivity index (χ3v) is 2.29. The molecule has 0 N–H and O–H groups in total. The maximum atomic E-state index is 11.9. The fourth-order valence-corrected chi connectivity index (χ4v) is 1.40. The summed E-state index contributed by atoms with van der Waals surface area (Å²) in [5, 5.41) is 0. The molecule has 0 bridgehead atoms. The lowest BCUT2D eigenvalue weighted by atomic mass is 10.0. The van der Waals surface area contributed by atoms with Gasteiger partial charge in [-0.05, 0) is 25.3 Å². The van der Waals surface area contributed by atoms with Crippen molar-refractivity contribution < 1.29 is 18.0 Å². The predicted octanol–water partition coefficient (Wildman–Crippen LogP) is 3.77. The van der Waals surface area contributed by atoms with Gasteiger partial charge in [0.25, 0.3) is 0 Å². The van der Waals surface area contributed by atoms with Crippen molar-refractivity contribution >= 4 is 5.78 Å². The van der Waals surface area contributed by atoms with Gasteiger partial charge < -0.3 is 0 Å². The molecule has 0 aromatic heterocycles. The van der Waals surface area contributed by atoms with E-state index in [0.29, 0.717) is 12.0 Å². The highest BCUT2D eigenvalue weighted by atomic mass is 19.4. The number of carbonyl (C=O) groups excluding carboxylic acids is 1. The van der Waals surface area contributed by atoms with Gasteiger partial charge in [-0.1, -0.05) is 24.3 Å². The molecule has 1 aromatic rings. The number of rotatable bonds is 4. The number of alkyl halides is 3. The molecule has 0 amide bonds. The van der Waals surface area contributed by atoms with Crippen LogP contribution < -0.4 is 0 Å². The highest BCUT2D eigenvalue weighted by Crippen LogP contribution is 2.22. The van der Waals surface area contributed by atoms with Crippen molar-refractivity contribution in [1.82, 2.24) is 0 Å². The largest absolute Gasteiger partial charge is 0.389 e. The normalized spacial score (nSPS) is 11.5. The Labute approximate surface area is 92.3 Å². The van der Waals surface area contributed by atoms with Crippen LogP contribution in [0.2, 0.25) is 0 Å². The SMILES string of the molecule is CC(=O)c1ccc(CCCC(F)(F)F)cc1. The van der Waals surface area contributed by atoms with Crippen LogP contribution in [0.15, 0.2) is 24.3 Å².